The summed E-state index contributed by atoms with van der Waals surface area (Å²) in [5, 5.41) is 3.21. The zero-order valence-corrected chi connectivity index (χ0v) is 14.0. The van der Waals surface area contributed by atoms with Crippen LogP contribution in [0.15, 0.2) is 35.1 Å². The van der Waals surface area contributed by atoms with Crippen molar-refractivity contribution < 1.29 is 4.74 Å². The van der Waals surface area contributed by atoms with Crippen LogP contribution in [0.5, 0.6) is 5.75 Å². The van der Waals surface area contributed by atoms with Crippen molar-refractivity contribution in [3.05, 3.63) is 40.6 Å². The van der Waals surface area contributed by atoms with Crippen molar-refractivity contribution in [3.63, 3.8) is 0 Å². The summed E-state index contributed by atoms with van der Waals surface area (Å²) in [5.74, 6) is 2.51. The van der Waals surface area contributed by atoms with Gasteiger partial charge >= 0.3 is 0 Å². The molecular formula is C15H19BrN4O. The number of nitrogens with one attached hydrogen (secondary N) is 1. The van der Waals surface area contributed by atoms with Gasteiger partial charge in [0.15, 0.2) is 0 Å². The topological polar surface area (TPSA) is 50.3 Å². The van der Waals surface area contributed by atoms with Gasteiger partial charge in [-0.1, -0.05) is 12.1 Å². The number of methoxy groups -OCH3 is 1. The molecule has 0 aliphatic carbocycles. The van der Waals surface area contributed by atoms with Crippen molar-refractivity contribution in [3.8, 4) is 5.75 Å². The van der Waals surface area contributed by atoms with E-state index in [-0.39, 0.29) is 0 Å². The van der Waals surface area contributed by atoms with Crippen molar-refractivity contribution in [2.75, 3.05) is 30.9 Å². The van der Waals surface area contributed by atoms with Crippen LogP contribution in [0.3, 0.4) is 0 Å². The normalized spacial score (nSPS) is 10.3. The largest absolute Gasteiger partial charge is 0.497 e. The first-order valence-corrected chi connectivity index (χ1v) is 7.53. The Labute approximate surface area is 133 Å². The Kier molecular flexibility index (Phi) is 5.38. The molecule has 0 saturated carbocycles. The maximum Gasteiger partial charge on any atom is 0.148 e. The molecule has 1 N–H and O–H groups in total. The number of rotatable bonds is 6. The second-order valence-electron chi connectivity index (χ2n) is 4.60. The van der Waals surface area contributed by atoms with Gasteiger partial charge in [0.2, 0.25) is 0 Å². The van der Waals surface area contributed by atoms with Gasteiger partial charge in [-0.2, -0.15) is 0 Å². The van der Waals surface area contributed by atoms with Crippen molar-refractivity contribution >= 4 is 27.6 Å². The van der Waals surface area contributed by atoms with Gasteiger partial charge in [-0.25, -0.2) is 9.97 Å². The minimum Gasteiger partial charge on any atom is -0.497 e. The molecule has 0 bridgehead atoms. The fraction of sp³-hybridized carbons (Fsp3) is 0.333. The van der Waals surface area contributed by atoms with Crippen molar-refractivity contribution in [1.82, 2.24) is 9.97 Å². The third-order valence-electron chi connectivity index (χ3n) is 3.03. The molecule has 1 aromatic heterocycles. The third-order valence-corrected chi connectivity index (χ3v) is 3.76. The smallest absolute Gasteiger partial charge is 0.148 e. The van der Waals surface area contributed by atoms with Crippen LogP contribution in [0.25, 0.3) is 0 Å². The molecule has 0 radical (unpaired) electrons. The Morgan fingerprint density at radius 3 is 2.86 bits per heavy atom. The molecule has 0 fully saturated rings. The first kappa shape index (κ1) is 15.6. The highest BCUT2D eigenvalue weighted by molar-refractivity contribution is 9.10. The summed E-state index contributed by atoms with van der Waals surface area (Å²) in [6.45, 7) is 3.58. The van der Waals surface area contributed by atoms with Gasteiger partial charge in [-0.15, -0.1) is 0 Å². The van der Waals surface area contributed by atoms with Crippen LogP contribution in [0, 0.1) is 0 Å². The van der Waals surface area contributed by atoms with Gasteiger partial charge in [0.05, 0.1) is 7.11 Å². The lowest BCUT2D eigenvalue weighted by atomic mass is 10.2. The Balaban J connectivity index is 2.19. The molecule has 0 aliphatic rings. The van der Waals surface area contributed by atoms with E-state index in [0.717, 1.165) is 40.5 Å². The van der Waals surface area contributed by atoms with Gasteiger partial charge in [0.25, 0.3) is 0 Å². The molecular weight excluding hydrogens is 332 g/mol. The second kappa shape index (κ2) is 7.26. The number of aromatic nitrogens is 2. The zero-order chi connectivity index (χ0) is 15.2. The Bertz CT molecular complexity index is 606. The molecule has 1 heterocycles. The van der Waals surface area contributed by atoms with Crippen LogP contribution >= 0.6 is 15.9 Å². The minimum atomic E-state index is 0.735. The van der Waals surface area contributed by atoms with Crippen molar-refractivity contribution in [1.29, 1.82) is 0 Å². The van der Waals surface area contributed by atoms with Crippen LogP contribution in [0.1, 0.15) is 12.5 Å². The quantitative estimate of drug-likeness (QED) is 0.865. The number of ether oxygens (including phenoxy) is 1. The summed E-state index contributed by atoms with van der Waals surface area (Å²) in [7, 11) is 3.68. The lowest BCUT2D eigenvalue weighted by Crippen LogP contribution is -2.19. The number of halogens is 1. The number of hydrogen-bond acceptors (Lipinski definition) is 5. The number of anilines is 2. The van der Waals surface area contributed by atoms with E-state index in [1.807, 2.05) is 32.2 Å². The Morgan fingerprint density at radius 1 is 1.33 bits per heavy atom. The van der Waals surface area contributed by atoms with E-state index >= 15 is 0 Å². The predicted octanol–water partition coefficient (Wildman–Crippen LogP) is 3.32. The molecule has 5 nitrogen and oxygen atoms in total. The fourth-order valence-electron chi connectivity index (χ4n) is 2.04. The average molecular weight is 351 g/mol. The zero-order valence-electron chi connectivity index (χ0n) is 12.4. The van der Waals surface area contributed by atoms with Crippen LogP contribution in [0.4, 0.5) is 11.6 Å². The summed E-state index contributed by atoms with van der Waals surface area (Å²) in [6, 6.07) is 8.02. The van der Waals surface area contributed by atoms with E-state index in [9.17, 15) is 0 Å². The van der Waals surface area contributed by atoms with Gasteiger partial charge < -0.3 is 15.0 Å². The third kappa shape index (κ3) is 3.85. The monoisotopic (exact) mass is 350 g/mol. The number of hydrogen-bond donors (Lipinski definition) is 1. The van der Waals surface area contributed by atoms with Gasteiger partial charge in [-0.3, -0.25) is 0 Å². The van der Waals surface area contributed by atoms with Crippen LogP contribution in [0.2, 0.25) is 0 Å². The minimum absolute atomic E-state index is 0.735. The highest BCUT2D eigenvalue weighted by Gasteiger charge is 2.12. The summed E-state index contributed by atoms with van der Waals surface area (Å²) in [5.41, 5.74) is 1.16. The Hall–Kier alpha value is -1.82. The first-order chi connectivity index (χ1) is 10.2. The maximum atomic E-state index is 5.25. The number of benzene rings is 1. The summed E-state index contributed by atoms with van der Waals surface area (Å²) >= 11 is 3.57. The average Bonchev–Trinajstić information content (AvgIpc) is 2.49. The van der Waals surface area contributed by atoms with E-state index in [4.69, 9.17) is 4.74 Å². The van der Waals surface area contributed by atoms with Crippen molar-refractivity contribution in [2.24, 2.45) is 0 Å². The molecule has 0 spiro atoms. The van der Waals surface area contributed by atoms with Gasteiger partial charge in [0.1, 0.15) is 28.2 Å². The van der Waals surface area contributed by atoms with E-state index in [1.54, 1.807) is 13.4 Å². The molecule has 0 atom stereocenters. The van der Waals surface area contributed by atoms with Crippen LogP contribution < -0.4 is 15.0 Å². The van der Waals surface area contributed by atoms with E-state index in [2.05, 4.69) is 42.2 Å². The molecule has 2 rings (SSSR count). The molecule has 0 unspecified atom stereocenters. The Morgan fingerprint density at radius 2 is 2.14 bits per heavy atom. The molecule has 2 aromatic rings. The molecule has 6 heteroatoms. The summed E-state index contributed by atoms with van der Waals surface area (Å²) in [4.78, 5) is 10.7. The van der Waals surface area contributed by atoms with Crippen molar-refractivity contribution in [2.45, 2.75) is 13.5 Å². The number of nitrogens with zero attached hydrogens (tertiary/aromatic N) is 3. The molecule has 0 aliphatic heterocycles. The SMILES string of the molecule is CCNc1ncnc(N(C)Cc2cccc(OC)c2)c1Br. The predicted molar refractivity (Wildman–Crippen MR) is 89.0 cm³/mol. The molecule has 1 aromatic carbocycles. The highest BCUT2D eigenvalue weighted by atomic mass is 79.9. The highest BCUT2D eigenvalue weighted by Crippen LogP contribution is 2.29. The van der Waals surface area contributed by atoms with Crippen LogP contribution in [-0.2, 0) is 6.54 Å². The van der Waals surface area contributed by atoms with Gasteiger partial charge in [0, 0.05) is 20.1 Å². The van der Waals surface area contributed by atoms with Crippen LogP contribution in [-0.4, -0.2) is 30.7 Å². The standard InChI is InChI=1S/C15H19BrN4O/c1-4-17-14-13(16)15(19-10-18-14)20(2)9-11-6-5-7-12(8-11)21-3/h5-8,10H,4,9H2,1-3H3,(H,17,18,19). The molecule has 0 amide bonds. The van der Waals surface area contributed by atoms with Gasteiger partial charge in [-0.05, 0) is 40.5 Å². The summed E-state index contributed by atoms with van der Waals surface area (Å²) < 4.78 is 6.13. The maximum absolute atomic E-state index is 5.25. The van der Waals surface area contributed by atoms with E-state index in [1.165, 1.54) is 0 Å². The fourth-order valence-corrected chi connectivity index (χ4v) is 2.68. The lowest BCUT2D eigenvalue weighted by molar-refractivity contribution is 0.414. The molecule has 0 saturated heterocycles. The molecule has 21 heavy (non-hydrogen) atoms. The van der Waals surface area contributed by atoms with E-state index < -0.39 is 0 Å². The second-order valence-corrected chi connectivity index (χ2v) is 5.39. The molecule has 112 valence electrons. The summed E-state index contributed by atoms with van der Waals surface area (Å²) in [6.07, 6.45) is 1.57. The lowest BCUT2D eigenvalue weighted by Gasteiger charge is -2.20. The first-order valence-electron chi connectivity index (χ1n) is 6.74. The van der Waals surface area contributed by atoms with E-state index in [0.29, 0.717) is 0 Å².